The summed E-state index contributed by atoms with van der Waals surface area (Å²) in [6, 6.07) is 0. The number of hydrogen-bond acceptors (Lipinski definition) is 1. The lowest BCUT2D eigenvalue weighted by Gasteiger charge is -2.11. The number of hydrogen-bond donors (Lipinski definition) is 0. The smallest absolute Gasteiger partial charge is 0.136 e. The maximum Gasteiger partial charge on any atom is 0.136 e. The van der Waals surface area contributed by atoms with Gasteiger partial charge < -0.3 is 0 Å². The van der Waals surface area contributed by atoms with Crippen LogP contribution in [0.3, 0.4) is 0 Å². The van der Waals surface area contributed by atoms with Gasteiger partial charge in [0.1, 0.15) is 5.78 Å². The average Bonchev–Trinajstić information content (AvgIpc) is 2.56. The van der Waals surface area contributed by atoms with E-state index < -0.39 is 0 Å². The molecule has 1 rings (SSSR count). The summed E-state index contributed by atoms with van der Waals surface area (Å²) in [6.45, 7) is 4.33. The van der Waals surface area contributed by atoms with Gasteiger partial charge in [0.05, 0.1) is 0 Å². The van der Waals surface area contributed by atoms with E-state index in [1.165, 1.54) is 12.8 Å². The molecular formula is C11H20O. The molecule has 0 heterocycles. The fourth-order valence-corrected chi connectivity index (χ4v) is 1.90. The summed E-state index contributed by atoms with van der Waals surface area (Å²) in [4.78, 5) is 11.6. The Bertz CT molecular complexity index is 145. The van der Waals surface area contributed by atoms with E-state index in [-0.39, 0.29) is 0 Å². The van der Waals surface area contributed by atoms with Crippen LogP contribution >= 0.6 is 0 Å². The number of Topliss-reactive ketones (excluding diaryl/α,β-unsaturated/α-hetero) is 1. The topological polar surface area (TPSA) is 17.1 Å². The van der Waals surface area contributed by atoms with Crippen molar-refractivity contribution >= 4 is 5.78 Å². The lowest BCUT2D eigenvalue weighted by molar-refractivity contribution is -0.123. The molecule has 0 radical (unpaired) electrons. The number of ketones is 1. The molecule has 0 aliphatic heterocycles. The van der Waals surface area contributed by atoms with Crippen LogP contribution in [-0.4, -0.2) is 5.78 Å². The minimum Gasteiger partial charge on any atom is -0.299 e. The predicted octanol–water partition coefficient (Wildman–Crippen LogP) is 3.18. The Morgan fingerprint density at radius 1 is 1.42 bits per heavy atom. The first-order valence-corrected chi connectivity index (χ1v) is 5.26. The Labute approximate surface area is 75.5 Å². The Morgan fingerprint density at radius 2 is 2.00 bits per heavy atom. The molecule has 0 aromatic heterocycles. The van der Waals surface area contributed by atoms with Crippen LogP contribution in [0.4, 0.5) is 0 Å². The largest absolute Gasteiger partial charge is 0.299 e. The van der Waals surface area contributed by atoms with Gasteiger partial charge in [-0.15, -0.1) is 0 Å². The summed E-state index contributed by atoms with van der Waals surface area (Å²) in [5, 5.41) is 0. The fourth-order valence-electron chi connectivity index (χ4n) is 1.90. The maximum absolute atomic E-state index is 11.6. The van der Waals surface area contributed by atoms with Crippen molar-refractivity contribution in [2.45, 2.75) is 52.4 Å². The summed E-state index contributed by atoms with van der Waals surface area (Å²) >= 11 is 0. The lowest BCUT2D eigenvalue weighted by atomic mass is 9.93. The molecular weight excluding hydrogens is 148 g/mol. The van der Waals surface area contributed by atoms with Gasteiger partial charge in [-0.3, -0.25) is 4.79 Å². The van der Waals surface area contributed by atoms with Crippen LogP contribution in [0.1, 0.15) is 52.4 Å². The average molecular weight is 168 g/mol. The van der Waals surface area contributed by atoms with Crippen molar-refractivity contribution in [3.8, 4) is 0 Å². The monoisotopic (exact) mass is 168 g/mol. The zero-order chi connectivity index (χ0) is 8.97. The Morgan fingerprint density at radius 3 is 2.50 bits per heavy atom. The predicted molar refractivity (Wildman–Crippen MR) is 51.0 cm³/mol. The van der Waals surface area contributed by atoms with Crippen molar-refractivity contribution in [1.29, 1.82) is 0 Å². The van der Waals surface area contributed by atoms with E-state index in [0.717, 1.165) is 25.7 Å². The highest BCUT2D eigenvalue weighted by molar-refractivity contribution is 5.81. The standard InChI is InChI=1S/C11H20O/c1-3-9(2)8-11(12)10-6-4-5-7-10/h9-10H,3-8H2,1-2H3. The van der Waals surface area contributed by atoms with Gasteiger partial charge in [-0.2, -0.15) is 0 Å². The molecule has 1 heteroatoms. The van der Waals surface area contributed by atoms with E-state index >= 15 is 0 Å². The summed E-state index contributed by atoms with van der Waals surface area (Å²) in [6.07, 6.45) is 6.83. The van der Waals surface area contributed by atoms with Gasteiger partial charge in [-0.05, 0) is 18.8 Å². The molecule has 0 bridgehead atoms. The first-order valence-electron chi connectivity index (χ1n) is 5.26. The molecule has 12 heavy (non-hydrogen) atoms. The maximum atomic E-state index is 11.6. The minimum absolute atomic E-state index is 0.430. The zero-order valence-corrected chi connectivity index (χ0v) is 8.31. The molecule has 0 aromatic carbocycles. The second kappa shape index (κ2) is 4.64. The molecule has 1 aliphatic rings. The van der Waals surface area contributed by atoms with Crippen molar-refractivity contribution in [3.05, 3.63) is 0 Å². The van der Waals surface area contributed by atoms with Crippen LogP contribution in [0.15, 0.2) is 0 Å². The molecule has 70 valence electrons. The summed E-state index contributed by atoms with van der Waals surface area (Å²) in [5.74, 6) is 1.55. The van der Waals surface area contributed by atoms with Gasteiger partial charge in [-0.25, -0.2) is 0 Å². The van der Waals surface area contributed by atoms with Gasteiger partial charge >= 0.3 is 0 Å². The summed E-state index contributed by atoms with van der Waals surface area (Å²) in [7, 11) is 0. The van der Waals surface area contributed by atoms with Crippen molar-refractivity contribution in [2.75, 3.05) is 0 Å². The van der Waals surface area contributed by atoms with Gasteiger partial charge in [0, 0.05) is 12.3 Å². The molecule has 1 unspecified atom stereocenters. The van der Waals surface area contributed by atoms with E-state index in [4.69, 9.17) is 0 Å². The van der Waals surface area contributed by atoms with Crippen LogP contribution in [0, 0.1) is 11.8 Å². The summed E-state index contributed by atoms with van der Waals surface area (Å²) in [5.41, 5.74) is 0. The molecule has 0 N–H and O–H groups in total. The van der Waals surface area contributed by atoms with E-state index in [1.807, 2.05) is 0 Å². The molecule has 1 saturated carbocycles. The van der Waals surface area contributed by atoms with Gasteiger partial charge in [-0.1, -0.05) is 33.1 Å². The quantitative estimate of drug-likeness (QED) is 0.630. The highest BCUT2D eigenvalue weighted by atomic mass is 16.1. The van der Waals surface area contributed by atoms with Crippen molar-refractivity contribution in [1.82, 2.24) is 0 Å². The van der Waals surface area contributed by atoms with Crippen molar-refractivity contribution in [2.24, 2.45) is 11.8 Å². The van der Waals surface area contributed by atoms with Gasteiger partial charge in [0.25, 0.3) is 0 Å². The van der Waals surface area contributed by atoms with E-state index in [1.54, 1.807) is 0 Å². The number of carbonyl (C=O) groups is 1. The van der Waals surface area contributed by atoms with Crippen LogP contribution < -0.4 is 0 Å². The second-order valence-corrected chi connectivity index (χ2v) is 4.17. The number of carbonyl (C=O) groups excluding carboxylic acids is 1. The molecule has 0 aromatic rings. The van der Waals surface area contributed by atoms with E-state index in [2.05, 4.69) is 13.8 Å². The molecule has 1 fully saturated rings. The van der Waals surface area contributed by atoms with Crippen molar-refractivity contribution < 1.29 is 4.79 Å². The van der Waals surface area contributed by atoms with Crippen LogP contribution in [0.5, 0.6) is 0 Å². The Hall–Kier alpha value is -0.330. The third-order valence-electron chi connectivity index (χ3n) is 3.06. The Balaban J connectivity index is 2.27. The first kappa shape index (κ1) is 9.76. The highest BCUT2D eigenvalue weighted by Gasteiger charge is 2.23. The molecule has 0 spiro atoms. The molecule has 1 nitrogen and oxygen atoms in total. The lowest BCUT2D eigenvalue weighted by Crippen LogP contribution is -2.13. The minimum atomic E-state index is 0.430. The second-order valence-electron chi connectivity index (χ2n) is 4.17. The number of rotatable bonds is 4. The van der Waals surface area contributed by atoms with Crippen LogP contribution in [-0.2, 0) is 4.79 Å². The van der Waals surface area contributed by atoms with E-state index in [0.29, 0.717) is 17.6 Å². The molecule has 0 amide bonds. The van der Waals surface area contributed by atoms with Crippen LogP contribution in [0.2, 0.25) is 0 Å². The molecule has 1 atom stereocenters. The van der Waals surface area contributed by atoms with Gasteiger partial charge in [0.15, 0.2) is 0 Å². The van der Waals surface area contributed by atoms with Crippen LogP contribution in [0.25, 0.3) is 0 Å². The SMILES string of the molecule is CCC(C)CC(=O)C1CCCC1. The third kappa shape index (κ3) is 2.62. The van der Waals surface area contributed by atoms with Gasteiger partial charge in [0.2, 0.25) is 0 Å². The summed E-state index contributed by atoms with van der Waals surface area (Å²) < 4.78 is 0. The molecule has 0 saturated heterocycles. The third-order valence-corrected chi connectivity index (χ3v) is 3.06. The normalized spacial score (nSPS) is 21.2. The first-order chi connectivity index (χ1) is 5.74. The zero-order valence-electron chi connectivity index (χ0n) is 8.31. The molecule has 1 aliphatic carbocycles. The Kier molecular flexibility index (Phi) is 3.77. The fraction of sp³-hybridized carbons (Fsp3) is 0.909. The van der Waals surface area contributed by atoms with Crippen molar-refractivity contribution in [3.63, 3.8) is 0 Å². The van der Waals surface area contributed by atoms with E-state index in [9.17, 15) is 4.79 Å². The highest BCUT2D eigenvalue weighted by Crippen LogP contribution is 2.27.